The Kier molecular flexibility index (Phi) is 7.99. The number of esters is 4. The molecule has 0 aromatic heterocycles. The highest BCUT2D eigenvalue weighted by molar-refractivity contribution is 5.96. The molecule has 0 unspecified atom stereocenters. The fraction of sp³-hybridized carbons (Fsp3) is 0.774. The van der Waals surface area contributed by atoms with Gasteiger partial charge in [0.25, 0.3) is 0 Å². The molecule has 3 fully saturated rings. The Balaban J connectivity index is 1.94. The summed E-state index contributed by atoms with van der Waals surface area (Å²) in [6, 6.07) is 0. The van der Waals surface area contributed by atoms with Gasteiger partial charge in [0.15, 0.2) is 23.1 Å². The number of epoxide rings is 1. The van der Waals surface area contributed by atoms with Crippen molar-refractivity contribution in [1.29, 1.82) is 0 Å². The van der Waals surface area contributed by atoms with Gasteiger partial charge in [-0.2, -0.15) is 0 Å². The molecule has 0 N–H and O–H groups in total. The van der Waals surface area contributed by atoms with Crippen molar-refractivity contribution in [2.75, 3.05) is 0 Å². The van der Waals surface area contributed by atoms with Gasteiger partial charge in [-0.3, -0.25) is 24.0 Å². The lowest BCUT2D eigenvalue weighted by Crippen LogP contribution is -2.43. The Morgan fingerprint density at radius 3 is 2.02 bits per heavy atom. The summed E-state index contributed by atoms with van der Waals surface area (Å²) >= 11 is 0. The van der Waals surface area contributed by atoms with E-state index in [9.17, 15) is 24.0 Å². The largest absolute Gasteiger partial charge is 0.461 e. The molecule has 0 aromatic rings. The average molecular weight is 577 g/mol. The maximum atomic E-state index is 14.4. The summed E-state index contributed by atoms with van der Waals surface area (Å²) in [5.74, 6) is -4.48. The van der Waals surface area contributed by atoms with E-state index in [-0.39, 0.29) is 17.6 Å². The molecule has 1 heterocycles. The normalized spacial score (nSPS) is 42.5. The molecule has 0 spiro atoms. The van der Waals surface area contributed by atoms with Crippen LogP contribution in [-0.4, -0.2) is 65.3 Å². The van der Waals surface area contributed by atoms with Gasteiger partial charge in [-0.05, 0) is 42.7 Å². The van der Waals surface area contributed by atoms with Crippen molar-refractivity contribution in [2.45, 2.75) is 118 Å². The highest BCUT2D eigenvalue weighted by Crippen LogP contribution is 2.68. The first-order chi connectivity index (χ1) is 18.9. The van der Waals surface area contributed by atoms with Gasteiger partial charge < -0.3 is 23.7 Å². The third-order valence-corrected chi connectivity index (χ3v) is 9.83. The summed E-state index contributed by atoms with van der Waals surface area (Å²) in [5, 5.41) is 0. The van der Waals surface area contributed by atoms with E-state index in [4.69, 9.17) is 23.7 Å². The van der Waals surface area contributed by atoms with Crippen LogP contribution in [-0.2, 0) is 47.7 Å². The van der Waals surface area contributed by atoms with Crippen LogP contribution in [0.15, 0.2) is 11.6 Å². The van der Waals surface area contributed by atoms with Crippen molar-refractivity contribution in [3.63, 3.8) is 0 Å². The van der Waals surface area contributed by atoms with Gasteiger partial charge in [-0.25, -0.2) is 0 Å². The second-order valence-electron chi connectivity index (χ2n) is 13.2. The zero-order valence-corrected chi connectivity index (χ0v) is 25.8. The Labute approximate surface area is 241 Å². The minimum Gasteiger partial charge on any atom is -0.461 e. The van der Waals surface area contributed by atoms with Crippen molar-refractivity contribution in [3.05, 3.63) is 11.6 Å². The lowest BCUT2D eigenvalue weighted by Gasteiger charge is -2.31. The standard InChI is InChI=1S/C31H44O10/c1-11-14(2)28(36)40-23-15(3)12-31-27(39-20(8)34)16(4)13-30(31,41-31)26(35)17(5)24(37-18(6)32)21-22(29(21,9)10)25(23)38-19(7)33/h12,14,16-17,21-25,27H,11,13H2,1-10H3/b15-12+/t14-,16+,17-,21+,22-,23-,24+,25+,27+,30+,31+/m1/s1. The molecule has 1 aliphatic heterocycles. The fourth-order valence-corrected chi connectivity index (χ4v) is 7.62. The minimum absolute atomic E-state index is 0.224. The van der Waals surface area contributed by atoms with Gasteiger partial charge in [0, 0.05) is 32.6 Å². The summed E-state index contributed by atoms with van der Waals surface area (Å²) < 4.78 is 30.0. The summed E-state index contributed by atoms with van der Waals surface area (Å²) in [7, 11) is 0. The molecule has 0 amide bonds. The molecule has 1 saturated heterocycles. The van der Waals surface area contributed by atoms with Crippen molar-refractivity contribution in [2.24, 2.45) is 35.0 Å². The molecule has 41 heavy (non-hydrogen) atoms. The van der Waals surface area contributed by atoms with Crippen molar-refractivity contribution in [1.82, 2.24) is 0 Å². The van der Waals surface area contributed by atoms with E-state index in [0.717, 1.165) is 0 Å². The van der Waals surface area contributed by atoms with E-state index in [2.05, 4.69) is 0 Å². The zero-order valence-electron chi connectivity index (χ0n) is 25.8. The fourth-order valence-electron chi connectivity index (χ4n) is 7.62. The molecule has 10 heteroatoms. The third-order valence-electron chi connectivity index (χ3n) is 9.83. The topological polar surface area (TPSA) is 135 Å². The van der Waals surface area contributed by atoms with Crippen LogP contribution < -0.4 is 0 Å². The second kappa shape index (κ2) is 10.5. The van der Waals surface area contributed by atoms with Crippen LogP contribution in [0.25, 0.3) is 0 Å². The molecule has 0 aromatic carbocycles. The lowest BCUT2D eigenvalue weighted by molar-refractivity contribution is -0.169. The molecule has 0 bridgehead atoms. The number of hydrogen-bond acceptors (Lipinski definition) is 10. The van der Waals surface area contributed by atoms with E-state index in [0.29, 0.717) is 18.4 Å². The number of ether oxygens (including phenoxy) is 5. The number of rotatable bonds is 6. The number of ketones is 1. The van der Waals surface area contributed by atoms with Crippen LogP contribution in [0.2, 0.25) is 0 Å². The molecule has 10 nitrogen and oxygen atoms in total. The van der Waals surface area contributed by atoms with E-state index >= 15 is 0 Å². The van der Waals surface area contributed by atoms with E-state index in [1.807, 2.05) is 27.7 Å². The van der Waals surface area contributed by atoms with E-state index in [1.54, 1.807) is 26.8 Å². The van der Waals surface area contributed by atoms with Crippen LogP contribution in [0.3, 0.4) is 0 Å². The van der Waals surface area contributed by atoms with Gasteiger partial charge in [-0.15, -0.1) is 0 Å². The second-order valence-corrected chi connectivity index (χ2v) is 13.2. The lowest BCUT2D eigenvalue weighted by atomic mass is 9.80. The van der Waals surface area contributed by atoms with Gasteiger partial charge in [0.1, 0.15) is 18.3 Å². The molecule has 11 atom stereocenters. The third kappa shape index (κ3) is 5.00. The monoisotopic (exact) mass is 576 g/mol. The first-order valence-corrected chi connectivity index (χ1v) is 14.6. The molecule has 0 radical (unpaired) electrons. The first kappa shape index (κ1) is 31.2. The molecule has 4 aliphatic rings. The number of fused-ring (bicyclic) bond motifs is 1. The SMILES string of the molecule is CC[C@@H](C)C(=O)O[C@@H]1/C(C)=C/[C@@]23O[C@@]2(C[C@H](C)[C@@H]3OC(C)=O)C(=O)[C@H](C)[C@H](OC(C)=O)[C@@H]2[C@H]([C@@H]1OC(C)=O)C2(C)C. The number of hydrogen-bond donors (Lipinski definition) is 0. The molecule has 2 saturated carbocycles. The zero-order chi connectivity index (χ0) is 30.8. The molecular formula is C31H44O10. The molecular weight excluding hydrogens is 532 g/mol. The molecule has 3 aliphatic carbocycles. The van der Waals surface area contributed by atoms with Gasteiger partial charge in [0.05, 0.1) is 11.8 Å². The van der Waals surface area contributed by atoms with Crippen molar-refractivity contribution in [3.8, 4) is 0 Å². The summed E-state index contributed by atoms with van der Waals surface area (Å²) in [6.07, 6.45) is -0.979. The molecule has 4 rings (SSSR count). The van der Waals surface area contributed by atoms with Crippen LogP contribution in [0.1, 0.15) is 82.1 Å². The van der Waals surface area contributed by atoms with Gasteiger partial charge in [0.2, 0.25) is 0 Å². The van der Waals surface area contributed by atoms with Crippen molar-refractivity contribution < 1.29 is 47.7 Å². The number of carbonyl (C=O) groups excluding carboxylic acids is 5. The van der Waals surface area contributed by atoms with Crippen LogP contribution >= 0.6 is 0 Å². The van der Waals surface area contributed by atoms with Crippen LogP contribution in [0.4, 0.5) is 0 Å². The minimum atomic E-state index is -1.31. The summed E-state index contributed by atoms with van der Waals surface area (Å²) in [6.45, 7) is 16.8. The van der Waals surface area contributed by atoms with Crippen LogP contribution in [0.5, 0.6) is 0 Å². The van der Waals surface area contributed by atoms with Gasteiger partial charge in [-0.1, -0.05) is 41.5 Å². The first-order valence-electron chi connectivity index (χ1n) is 14.6. The Morgan fingerprint density at radius 1 is 0.951 bits per heavy atom. The van der Waals surface area contributed by atoms with Crippen molar-refractivity contribution >= 4 is 29.7 Å². The van der Waals surface area contributed by atoms with E-state index in [1.165, 1.54) is 20.8 Å². The summed E-state index contributed by atoms with van der Waals surface area (Å²) in [4.78, 5) is 64.5. The quantitative estimate of drug-likeness (QED) is 0.199. The average Bonchev–Trinajstić information content (AvgIpc) is 3.66. The predicted molar refractivity (Wildman–Crippen MR) is 145 cm³/mol. The van der Waals surface area contributed by atoms with Crippen LogP contribution in [0, 0.1) is 35.0 Å². The highest BCUT2D eigenvalue weighted by atomic mass is 16.7. The van der Waals surface area contributed by atoms with Gasteiger partial charge >= 0.3 is 23.9 Å². The smallest absolute Gasteiger partial charge is 0.309 e. The summed E-state index contributed by atoms with van der Waals surface area (Å²) in [5.41, 5.74) is -2.63. The Morgan fingerprint density at radius 2 is 1.49 bits per heavy atom. The number of Topliss-reactive ketones (excluding diaryl/α,β-unsaturated/α-hetero) is 1. The Hall–Kier alpha value is -2.75. The number of carbonyl (C=O) groups is 5. The van der Waals surface area contributed by atoms with E-state index < -0.39 is 82.7 Å². The maximum Gasteiger partial charge on any atom is 0.309 e. The molecule has 228 valence electrons. The predicted octanol–water partition coefficient (Wildman–Crippen LogP) is 3.72. The maximum absolute atomic E-state index is 14.4. The Bertz CT molecular complexity index is 1170. The highest BCUT2D eigenvalue weighted by Gasteiger charge is 2.84.